The van der Waals surface area contributed by atoms with Gasteiger partial charge < -0.3 is 10.5 Å². The summed E-state index contributed by atoms with van der Waals surface area (Å²) in [6, 6.07) is 4.86. The van der Waals surface area contributed by atoms with Gasteiger partial charge in [-0.2, -0.15) is 0 Å². The molecule has 0 aliphatic rings. The maximum atomic E-state index is 13.3. The molecule has 0 amide bonds. The Bertz CT molecular complexity index is 339. The normalized spacial score (nSPS) is 12.9. The van der Waals surface area contributed by atoms with E-state index in [2.05, 4.69) is 0 Å². The van der Waals surface area contributed by atoms with Crippen molar-refractivity contribution in [3.05, 3.63) is 29.6 Å². The highest BCUT2D eigenvalue weighted by molar-refractivity contribution is 5.30. The molecule has 0 aromatic heterocycles. The van der Waals surface area contributed by atoms with Crippen molar-refractivity contribution in [1.29, 1.82) is 0 Å². The number of halogens is 1. The quantitative estimate of drug-likeness (QED) is 0.836. The van der Waals surface area contributed by atoms with E-state index in [0.29, 0.717) is 12.2 Å². The van der Waals surface area contributed by atoms with Gasteiger partial charge in [-0.25, -0.2) is 4.39 Å². The van der Waals surface area contributed by atoms with Crippen molar-refractivity contribution in [1.82, 2.24) is 0 Å². The van der Waals surface area contributed by atoms with Crippen LogP contribution < -0.4 is 10.5 Å². The minimum absolute atomic E-state index is 0.0505. The highest BCUT2D eigenvalue weighted by Gasteiger charge is 2.06. The van der Waals surface area contributed by atoms with Crippen LogP contribution in [0, 0.1) is 5.82 Å². The molecule has 3 heteroatoms. The smallest absolute Gasteiger partial charge is 0.127 e. The maximum Gasteiger partial charge on any atom is 0.127 e. The zero-order valence-electron chi connectivity index (χ0n) is 10.2. The van der Waals surface area contributed by atoms with Gasteiger partial charge in [0, 0.05) is 12.1 Å². The van der Waals surface area contributed by atoms with Gasteiger partial charge in [0.15, 0.2) is 0 Å². The fourth-order valence-electron chi connectivity index (χ4n) is 1.53. The zero-order chi connectivity index (χ0) is 12.1. The van der Waals surface area contributed by atoms with E-state index in [9.17, 15) is 4.39 Å². The Morgan fingerprint density at radius 1 is 1.31 bits per heavy atom. The van der Waals surface area contributed by atoms with Crippen LogP contribution in [0.2, 0.25) is 0 Å². The number of hydrogen-bond acceptors (Lipinski definition) is 2. The second-order valence-corrected chi connectivity index (χ2v) is 4.33. The lowest BCUT2D eigenvalue weighted by atomic mass is 10.0. The first-order chi connectivity index (χ1) is 7.51. The Labute approximate surface area is 96.6 Å². The summed E-state index contributed by atoms with van der Waals surface area (Å²) in [6.07, 6.45) is 1.62. The third kappa shape index (κ3) is 4.19. The molecule has 2 N–H and O–H groups in total. The van der Waals surface area contributed by atoms with Crippen LogP contribution in [0.1, 0.15) is 32.8 Å². The summed E-state index contributed by atoms with van der Waals surface area (Å²) in [7, 11) is 0. The van der Waals surface area contributed by atoms with Crippen molar-refractivity contribution in [3.63, 3.8) is 0 Å². The maximum absolute atomic E-state index is 13.3. The lowest BCUT2D eigenvalue weighted by Gasteiger charge is -2.13. The van der Waals surface area contributed by atoms with E-state index in [1.807, 2.05) is 26.8 Å². The van der Waals surface area contributed by atoms with E-state index in [-0.39, 0.29) is 18.0 Å². The van der Waals surface area contributed by atoms with Crippen LogP contribution in [0.3, 0.4) is 0 Å². The molecule has 1 rings (SSSR count). The van der Waals surface area contributed by atoms with Crippen molar-refractivity contribution >= 4 is 0 Å². The van der Waals surface area contributed by atoms with Gasteiger partial charge in [-0.3, -0.25) is 0 Å². The van der Waals surface area contributed by atoms with E-state index in [4.69, 9.17) is 10.5 Å². The molecule has 2 nitrogen and oxygen atoms in total. The zero-order valence-corrected chi connectivity index (χ0v) is 10.2. The van der Waals surface area contributed by atoms with Crippen molar-refractivity contribution in [2.75, 3.05) is 0 Å². The van der Waals surface area contributed by atoms with E-state index in [1.165, 1.54) is 12.1 Å². The predicted molar refractivity (Wildman–Crippen MR) is 64.1 cm³/mol. The molecule has 1 unspecified atom stereocenters. The van der Waals surface area contributed by atoms with Crippen LogP contribution in [0.4, 0.5) is 4.39 Å². The van der Waals surface area contributed by atoms with E-state index >= 15 is 0 Å². The Kier molecular flexibility index (Phi) is 4.74. The lowest BCUT2D eigenvalue weighted by Crippen LogP contribution is -2.21. The van der Waals surface area contributed by atoms with Crippen LogP contribution in [0.5, 0.6) is 5.75 Å². The lowest BCUT2D eigenvalue weighted by molar-refractivity contribution is 0.241. The van der Waals surface area contributed by atoms with Crippen LogP contribution in [0.25, 0.3) is 0 Å². The third-order valence-corrected chi connectivity index (χ3v) is 2.33. The molecule has 0 spiro atoms. The summed E-state index contributed by atoms with van der Waals surface area (Å²) in [5, 5.41) is 0. The van der Waals surface area contributed by atoms with Crippen molar-refractivity contribution < 1.29 is 9.13 Å². The minimum atomic E-state index is -0.267. The summed E-state index contributed by atoms with van der Waals surface area (Å²) >= 11 is 0. The van der Waals surface area contributed by atoms with Crippen LogP contribution in [-0.2, 0) is 6.42 Å². The summed E-state index contributed by atoms with van der Waals surface area (Å²) in [4.78, 5) is 0. The van der Waals surface area contributed by atoms with Gasteiger partial charge in [-0.05, 0) is 44.4 Å². The molecule has 0 aliphatic carbocycles. The predicted octanol–water partition coefficient (Wildman–Crippen LogP) is 2.89. The standard InChI is InChI=1S/C13H20FNO/c1-4-12(15)6-10-5-11(14)8-13(7-10)16-9(2)3/h5,7-9,12H,4,6,15H2,1-3H3. The fourth-order valence-corrected chi connectivity index (χ4v) is 1.53. The summed E-state index contributed by atoms with van der Waals surface area (Å²) in [6.45, 7) is 5.86. The molecule has 0 saturated heterocycles. The number of hydrogen-bond donors (Lipinski definition) is 1. The molecule has 0 saturated carbocycles. The molecule has 0 heterocycles. The highest BCUT2D eigenvalue weighted by atomic mass is 19.1. The second kappa shape index (κ2) is 5.85. The van der Waals surface area contributed by atoms with Crippen LogP contribution in [-0.4, -0.2) is 12.1 Å². The summed E-state index contributed by atoms with van der Waals surface area (Å²) < 4.78 is 18.8. The average molecular weight is 225 g/mol. The molecule has 0 radical (unpaired) electrons. The second-order valence-electron chi connectivity index (χ2n) is 4.33. The third-order valence-electron chi connectivity index (χ3n) is 2.33. The topological polar surface area (TPSA) is 35.2 Å². The van der Waals surface area contributed by atoms with Crippen LogP contribution in [0.15, 0.2) is 18.2 Å². The SMILES string of the molecule is CCC(N)Cc1cc(F)cc(OC(C)C)c1. The first-order valence-electron chi connectivity index (χ1n) is 5.73. The van der Waals surface area contributed by atoms with Gasteiger partial charge in [-0.1, -0.05) is 6.92 Å². The molecule has 1 atom stereocenters. The highest BCUT2D eigenvalue weighted by Crippen LogP contribution is 2.19. The first kappa shape index (κ1) is 13.0. The van der Waals surface area contributed by atoms with E-state index < -0.39 is 0 Å². The Balaban J connectivity index is 2.81. The van der Waals surface area contributed by atoms with Gasteiger partial charge in [0.05, 0.1) is 6.10 Å². The molecule has 1 aromatic rings. The Morgan fingerprint density at radius 3 is 2.56 bits per heavy atom. The molecule has 0 bridgehead atoms. The monoisotopic (exact) mass is 225 g/mol. The molecule has 0 fully saturated rings. The van der Waals surface area contributed by atoms with Gasteiger partial charge in [0.1, 0.15) is 11.6 Å². The minimum Gasteiger partial charge on any atom is -0.491 e. The van der Waals surface area contributed by atoms with Crippen molar-refractivity contribution in [2.45, 2.75) is 45.8 Å². The largest absolute Gasteiger partial charge is 0.491 e. The number of ether oxygens (including phenoxy) is 1. The number of rotatable bonds is 5. The molecule has 90 valence electrons. The fraction of sp³-hybridized carbons (Fsp3) is 0.538. The molecule has 1 aromatic carbocycles. The van der Waals surface area contributed by atoms with Crippen LogP contribution >= 0.6 is 0 Å². The van der Waals surface area contributed by atoms with Crippen molar-refractivity contribution in [2.24, 2.45) is 5.73 Å². The van der Waals surface area contributed by atoms with E-state index in [0.717, 1.165) is 12.0 Å². The summed E-state index contributed by atoms with van der Waals surface area (Å²) in [5.74, 6) is 0.310. The molecule has 0 aliphatic heterocycles. The van der Waals surface area contributed by atoms with Gasteiger partial charge >= 0.3 is 0 Å². The van der Waals surface area contributed by atoms with Gasteiger partial charge in [0.2, 0.25) is 0 Å². The number of benzene rings is 1. The van der Waals surface area contributed by atoms with Gasteiger partial charge in [0.25, 0.3) is 0 Å². The number of nitrogens with two attached hydrogens (primary N) is 1. The Morgan fingerprint density at radius 2 is 2.00 bits per heavy atom. The molecule has 16 heavy (non-hydrogen) atoms. The first-order valence-corrected chi connectivity index (χ1v) is 5.73. The summed E-state index contributed by atoms with van der Waals surface area (Å²) in [5.41, 5.74) is 6.74. The Hall–Kier alpha value is -1.09. The van der Waals surface area contributed by atoms with E-state index in [1.54, 1.807) is 0 Å². The molecular weight excluding hydrogens is 205 g/mol. The average Bonchev–Trinajstić information content (AvgIpc) is 2.15. The molecular formula is C13H20FNO. The van der Waals surface area contributed by atoms with Crippen molar-refractivity contribution in [3.8, 4) is 5.75 Å². The van der Waals surface area contributed by atoms with Gasteiger partial charge in [-0.15, -0.1) is 0 Å².